The molecule has 0 unspecified atom stereocenters. The Labute approximate surface area is 132 Å². The smallest absolute Gasteiger partial charge is 0.251 e. The van der Waals surface area contributed by atoms with Gasteiger partial charge in [-0.3, -0.25) is 4.79 Å². The van der Waals surface area contributed by atoms with Gasteiger partial charge >= 0.3 is 0 Å². The molecule has 0 heterocycles. The molecule has 0 aliphatic heterocycles. The molecule has 3 heteroatoms. The number of rotatable bonds is 3. The van der Waals surface area contributed by atoms with E-state index in [-0.39, 0.29) is 11.4 Å². The SMILES string of the molecule is Cc1ccc(C)c(Oc2cccc(C(=O)NC(C)(C)C)c2)c1. The van der Waals surface area contributed by atoms with Crippen molar-refractivity contribution in [3.05, 3.63) is 59.2 Å². The third-order valence-corrected chi connectivity index (χ3v) is 3.16. The van der Waals surface area contributed by atoms with Crippen molar-refractivity contribution in [3.63, 3.8) is 0 Å². The Hall–Kier alpha value is -2.29. The first kappa shape index (κ1) is 16.1. The number of aryl methyl sites for hydroxylation is 2. The molecule has 0 spiro atoms. The number of ether oxygens (including phenoxy) is 1. The van der Waals surface area contributed by atoms with Gasteiger partial charge in [0, 0.05) is 11.1 Å². The monoisotopic (exact) mass is 297 g/mol. The minimum atomic E-state index is -0.263. The van der Waals surface area contributed by atoms with E-state index in [0.29, 0.717) is 11.3 Å². The molecule has 2 aromatic carbocycles. The second-order valence-electron chi connectivity index (χ2n) is 6.60. The molecule has 0 atom stereocenters. The standard InChI is InChI=1S/C19H23NO2/c1-13-9-10-14(2)17(11-13)22-16-8-6-7-15(12-16)18(21)20-19(3,4)5/h6-12H,1-5H3,(H,20,21). The third-order valence-electron chi connectivity index (χ3n) is 3.16. The summed E-state index contributed by atoms with van der Waals surface area (Å²) in [5, 5.41) is 2.95. The van der Waals surface area contributed by atoms with Gasteiger partial charge in [0.05, 0.1) is 0 Å². The Morgan fingerprint density at radius 1 is 1.05 bits per heavy atom. The second kappa shape index (κ2) is 6.22. The van der Waals surface area contributed by atoms with Gasteiger partial charge in [0.1, 0.15) is 11.5 Å². The van der Waals surface area contributed by atoms with Crippen molar-refractivity contribution in [2.75, 3.05) is 0 Å². The van der Waals surface area contributed by atoms with Gasteiger partial charge in [-0.05, 0) is 70.0 Å². The van der Waals surface area contributed by atoms with E-state index in [1.54, 1.807) is 12.1 Å². The van der Waals surface area contributed by atoms with E-state index in [1.165, 1.54) is 0 Å². The fourth-order valence-electron chi connectivity index (χ4n) is 2.06. The lowest BCUT2D eigenvalue weighted by Crippen LogP contribution is -2.40. The number of carbonyl (C=O) groups excluding carboxylic acids is 1. The number of hydrogen-bond donors (Lipinski definition) is 1. The molecule has 3 nitrogen and oxygen atoms in total. The molecule has 0 fully saturated rings. The summed E-state index contributed by atoms with van der Waals surface area (Å²) in [5.41, 5.74) is 2.54. The summed E-state index contributed by atoms with van der Waals surface area (Å²) in [6.07, 6.45) is 0. The van der Waals surface area contributed by atoms with Gasteiger partial charge in [0.15, 0.2) is 0 Å². The maximum atomic E-state index is 12.2. The van der Waals surface area contributed by atoms with Crippen molar-refractivity contribution < 1.29 is 9.53 Å². The highest BCUT2D eigenvalue weighted by Gasteiger charge is 2.15. The molecule has 0 saturated carbocycles. The van der Waals surface area contributed by atoms with Crippen LogP contribution in [0.5, 0.6) is 11.5 Å². The van der Waals surface area contributed by atoms with E-state index in [0.717, 1.165) is 16.9 Å². The average molecular weight is 297 g/mol. The molecule has 2 aromatic rings. The molecule has 0 aromatic heterocycles. The maximum Gasteiger partial charge on any atom is 0.251 e. The average Bonchev–Trinajstić information content (AvgIpc) is 2.41. The Morgan fingerprint density at radius 3 is 2.45 bits per heavy atom. The lowest BCUT2D eigenvalue weighted by atomic mass is 10.1. The summed E-state index contributed by atoms with van der Waals surface area (Å²) >= 11 is 0. The highest BCUT2D eigenvalue weighted by atomic mass is 16.5. The van der Waals surface area contributed by atoms with Crippen LogP contribution < -0.4 is 10.1 Å². The maximum absolute atomic E-state index is 12.2. The van der Waals surface area contributed by atoms with Crippen molar-refractivity contribution in [2.24, 2.45) is 0 Å². The zero-order chi connectivity index (χ0) is 16.3. The molecule has 22 heavy (non-hydrogen) atoms. The molecule has 0 aliphatic rings. The van der Waals surface area contributed by atoms with Crippen LogP contribution in [-0.4, -0.2) is 11.4 Å². The van der Waals surface area contributed by atoms with E-state index < -0.39 is 0 Å². The summed E-state index contributed by atoms with van der Waals surface area (Å²) in [6.45, 7) is 9.91. The first-order valence-corrected chi connectivity index (χ1v) is 7.42. The van der Waals surface area contributed by atoms with Gasteiger partial charge < -0.3 is 10.1 Å². The van der Waals surface area contributed by atoms with E-state index in [4.69, 9.17) is 4.74 Å². The number of carbonyl (C=O) groups is 1. The highest BCUT2D eigenvalue weighted by Crippen LogP contribution is 2.26. The number of hydrogen-bond acceptors (Lipinski definition) is 2. The lowest BCUT2D eigenvalue weighted by Gasteiger charge is -2.20. The molecule has 1 N–H and O–H groups in total. The topological polar surface area (TPSA) is 38.3 Å². The zero-order valence-corrected chi connectivity index (χ0v) is 13.9. The molecular formula is C19H23NO2. The van der Waals surface area contributed by atoms with Crippen LogP contribution in [0.4, 0.5) is 0 Å². The fourth-order valence-corrected chi connectivity index (χ4v) is 2.06. The second-order valence-corrected chi connectivity index (χ2v) is 6.60. The molecule has 0 aliphatic carbocycles. The van der Waals surface area contributed by atoms with E-state index in [9.17, 15) is 4.79 Å². The Morgan fingerprint density at radius 2 is 1.77 bits per heavy atom. The zero-order valence-electron chi connectivity index (χ0n) is 13.9. The normalized spacial score (nSPS) is 11.1. The largest absolute Gasteiger partial charge is 0.457 e. The molecule has 2 rings (SSSR count). The van der Waals surface area contributed by atoms with Crippen LogP contribution in [0.2, 0.25) is 0 Å². The summed E-state index contributed by atoms with van der Waals surface area (Å²) < 4.78 is 5.93. The summed E-state index contributed by atoms with van der Waals surface area (Å²) in [6, 6.07) is 13.3. The minimum Gasteiger partial charge on any atom is -0.457 e. The van der Waals surface area contributed by atoms with Gasteiger partial charge in [-0.25, -0.2) is 0 Å². The Bertz CT molecular complexity index is 684. The van der Waals surface area contributed by atoms with Crippen LogP contribution in [0.3, 0.4) is 0 Å². The van der Waals surface area contributed by atoms with Crippen molar-refractivity contribution in [1.29, 1.82) is 0 Å². The summed E-state index contributed by atoms with van der Waals surface area (Å²) in [4.78, 5) is 12.2. The van der Waals surface area contributed by atoms with E-state index in [2.05, 4.69) is 11.4 Å². The van der Waals surface area contributed by atoms with Crippen LogP contribution in [0.1, 0.15) is 42.3 Å². The number of benzene rings is 2. The fraction of sp³-hybridized carbons (Fsp3) is 0.316. The molecular weight excluding hydrogens is 274 g/mol. The summed E-state index contributed by atoms with van der Waals surface area (Å²) in [5.74, 6) is 1.38. The predicted molar refractivity (Wildman–Crippen MR) is 89.7 cm³/mol. The summed E-state index contributed by atoms with van der Waals surface area (Å²) in [7, 11) is 0. The van der Waals surface area contributed by atoms with Gasteiger partial charge in [0.25, 0.3) is 5.91 Å². The molecule has 1 amide bonds. The van der Waals surface area contributed by atoms with Crippen molar-refractivity contribution >= 4 is 5.91 Å². The van der Waals surface area contributed by atoms with Gasteiger partial charge in [-0.1, -0.05) is 18.2 Å². The molecule has 0 radical (unpaired) electrons. The van der Waals surface area contributed by atoms with Crippen molar-refractivity contribution in [1.82, 2.24) is 5.32 Å². The third kappa shape index (κ3) is 4.35. The quantitative estimate of drug-likeness (QED) is 0.897. The predicted octanol–water partition coefficient (Wildman–Crippen LogP) is 4.62. The van der Waals surface area contributed by atoms with Crippen LogP contribution >= 0.6 is 0 Å². The molecule has 0 saturated heterocycles. The number of amides is 1. The van der Waals surface area contributed by atoms with Crippen molar-refractivity contribution in [3.8, 4) is 11.5 Å². The Kier molecular flexibility index (Phi) is 4.55. The van der Waals surface area contributed by atoms with Crippen LogP contribution in [0, 0.1) is 13.8 Å². The van der Waals surface area contributed by atoms with E-state index in [1.807, 2.05) is 58.9 Å². The first-order valence-electron chi connectivity index (χ1n) is 7.42. The molecule has 0 bridgehead atoms. The first-order chi connectivity index (χ1) is 10.2. The molecule has 116 valence electrons. The Balaban J connectivity index is 2.22. The lowest BCUT2D eigenvalue weighted by molar-refractivity contribution is 0.0919. The van der Waals surface area contributed by atoms with Crippen molar-refractivity contribution in [2.45, 2.75) is 40.2 Å². The van der Waals surface area contributed by atoms with Crippen LogP contribution in [0.25, 0.3) is 0 Å². The van der Waals surface area contributed by atoms with Crippen LogP contribution in [0.15, 0.2) is 42.5 Å². The van der Waals surface area contributed by atoms with Gasteiger partial charge in [0.2, 0.25) is 0 Å². The van der Waals surface area contributed by atoms with E-state index >= 15 is 0 Å². The van der Waals surface area contributed by atoms with Gasteiger partial charge in [-0.2, -0.15) is 0 Å². The minimum absolute atomic E-state index is 0.0982. The highest BCUT2D eigenvalue weighted by molar-refractivity contribution is 5.95. The van der Waals surface area contributed by atoms with Gasteiger partial charge in [-0.15, -0.1) is 0 Å². The van der Waals surface area contributed by atoms with Crippen LogP contribution in [-0.2, 0) is 0 Å². The number of nitrogens with one attached hydrogen (secondary N) is 1.